The molecule has 0 aliphatic rings. The summed E-state index contributed by atoms with van der Waals surface area (Å²) in [5.74, 6) is 1.88. The predicted octanol–water partition coefficient (Wildman–Crippen LogP) is 3.05. The first-order valence-corrected chi connectivity index (χ1v) is 7.39. The fourth-order valence-corrected chi connectivity index (χ4v) is 2.51. The summed E-state index contributed by atoms with van der Waals surface area (Å²) in [7, 11) is 1.70. The van der Waals surface area contributed by atoms with E-state index in [-0.39, 0.29) is 5.41 Å². The van der Waals surface area contributed by atoms with E-state index in [2.05, 4.69) is 36.7 Å². The van der Waals surface area contributed by atoms with Gasteiger partial charge in [0.2, 0.25) is 0 Å². The van der Waals surface area contributed by atoms with Crippen molar-refractivity contribution in [3.63, 3.8) is 0 Å². The summed E-state index contributed by atoms with van der Waals surface area (Å²) in [5, 5.41) is 2.21. The van der Waals surface area contributed by atoms with Gasteiger partial charge in [0.1, 0.15) is 11.6 Å². The minimum atomic E-state index is 0.0543. The minimum absolute atomic E-state index is 0.0543. The number of hydrogen-bond donors (Lipinski definition) is 1. The van der Waals surface area contributed by atoms with E-state index in [4.69, 9.17) is 10.5 Å². The molecular weight excluding hydrogens is 262 g/mol. The Kier molecular flexibility index (Phi) is 4.68. The Bertz CT molecular complexity index is 610. The van der Waals surface area contributed by atoms with Gasteiger partial charge in [-0.1, -0.05) is 26.0 Å². The molecule has 0 spiro atoms. The Morgan fingerprint density at radius 1 is 1.24 bits per heavy atom. The number of benzene rings is 1. The highest BCUT2D eigenvalue weighted by Crippen LogP contribution is 2.32. The molecule has 0 saturated carbocycles. The smallest absolute Gasteiger partial charge is 0.136 e. The van der Waals surface area contributed by atoms with Crippen LogP contribution in [0.1, 0.15) is 20.8 Å². The summed E-state index contributed by atoms with van der Waals surface area (Å²) in [6.07, 6.45) is 1.85. The van der Waals surface area contributed by atoms with E-state index in [0.29, 0.717) is 6.54 Å². The number of aromatic nitrogens is 1. The fraction of sp³-hybridized carbons (Fsp3) is 0.471. The zero-order chi connectivity index (χ0) is 15.5. The van der Waals surface area contributed by atoms with Crippen LogP contribution in [0.25, 0.3) is 10.8 Å². The van der Waals surface area contributed by atoms with Crippen molar-refractivity contribution >= 4 is 16.6 Å². The second-order valence-electron chi connectivity index (χ2n) is 6.07. The Balaban J connectivity index is 2.49. The van der Waals surface area contributed by atoms with Crippen LogP contribution in [0.15, 0.2) is 30.5 Å². The maximum Gasteiger partial charge on any atom is 0.136 e. The first-order chi connectivity index (χ1) is 10.0. The first kappa shape index (κ1) is 15.6. The van der Waals surface area contributed by atoms with Crippen molar-refractivity contribution in [1.82, 2.24) is 4.98 Å². The molecule has 0 saturated heterocycles. The molecular formula is C17H25N3O. The molecule has 0 aliphatic carbocycles. The number of rotatable bonds is 6. The second kappa shape index (κ2) is 6.31. The van der Waals surface area contributed by atoms with Gasteiger partial charge in [-0.25, -0.2) is 4.98 Å². The van der Waals surface area contributed by atoms with Crippen molar-refractivity contribution in [2.45, 2.75) is 20.8 Å². The third kappa shape index (κ3) is 3.27. The number of nitrogens with two attached hydrogens (primary N) is 1. The lowest BCUT2D eigenvalue weighted by atomic mass is 9.93. The summed E-state index contributed by atoms with van der Waals surface area (Å²) in [6.45, 7) is 8.93. The standard InChI is InChI=1S/C17H25N3O/c1-5-20(12-17(2,3)11-18)16-14-7-6-8-15(21-4)13(14)9-10-19-16/h6-10H,5,11-12,18H2,1-4H3. The lowest BCUT2D eigenvalue weighted by molar-refractivity contribution is 0.379. The van der Waals surface area contributed by atoms with Gasteiger partial charge in [0.05, 0.1) is 7.11 Å². The van der Waals surface area contributed by atoms with Crippen molar-refractivity contribution in [1.29, 1.82) is 0 Å². The third-order valence-corrected chi connectivity index (χ3v) is 3.82. The van der Waals surface area contributed by atoms with Crippen molar-refractivity contribution in [3.8, 4) is 5.75 Å². The molecule has 0 atom stereocenters. The molecule has 2 N–H and O–H groups in total. The van der Waals surface area contributed by atoms with Gasteiger partial charge in [-0.2, -0.15) is 0 Å². The SMILES string of the molecule is CCN(CC(C)(C)CN)c1nccc2c(OC)cccc12. The monoisotopic (exact) mass is 287 g/mol. The van der Waals surface area contributed by atoms with E-state index < -0.39 is 0 Å². The molecule has 2 rings (SSSR count). The molecule has 0 bridgehead atoms. The highest BCUT2D eigenvalue weighted by atomic mass is 16.5. The number of ether oxygens (including phenoxy) is 1. The molecule has 0 amide bonds. The molecule has 0 unspecified atom stereocenters. The topological polar surface area (TPSA) is 51.4 Å². The van der Waals surface area contributed by atoms with Gasteiger partial charge in [0.15, 0.2) is 0 Å². The Labute approximate surface area is 126 Å². The van der Waals surface area contributed by atoms with Crippen LogP contribution in [0.5, 0.6) is 5.75 Å². The van der Waals surface area contributed by atoms with Gasteiger partial charge in [-0.05, 0) is 31.0 Å². The van der Waals surface area contributed by atoms with Crippen LogP contribution in [0.3, 0.4) is 0 Å². The molecule has 1 aromatic carbocycles. The second-order valence-corrected chi connectivity index (χ2v) is 6.07. The summed E-state index contributed by atoms with van der Waals surface area (Å²) in [5.41, 5.74) is 5.93. The molecule has 0 radical (unpaired) electrons. The normalized spacial score (nSPS) is 11.7. The highest BCUT2D eigenvalue weighted by molar-refractivity contribution is 5.96. The van der Waals surface area contributed by atoms with Gasteiger partial charge in [0, 0.05) is 30.1 Å². The highest BCUT2D eigenvalue weighted by Gasteiger charge is 2.21. The average Bonchev–Trinajstić information content (AvgIpc) is 2.51. The fourth-order valence-electron chi connectivity index (χ4n) is 2.51. The molecule has 0 aliphatic heterocycles. The maximum atomic E-state index is 5.88. The summed E-state index contributed by atoms with van der Waals surface area (Å²) < 4.78 is 5.45. The average molecular weight is 287 g/mol. The van der Waals surface area contributed by atoms with Crippen LogP contribution < -0.4 is 15.4 Å². The van der Waals surface area contributed by atoms with E-state index in [0.717, 1.165) is 35.4 Å². The van der Waals surface area contributed by atoms with Crippen molar-refractivity contribution in [2.24, 2.45) is 11.1 Å². The van der Waals surface area contributed by atoms with Gasteiger partial charge in [-0.3, -0.25) is 0 Å². The molecule has 4 nitrogen and oxygen atoms in total. The summed E-state index contributed by atoms with van der Waals surface area (Å²) in [6, 6.07) is 8.08. The van der Waals surface area contributed by atoms with E-state index in [9.17, 15) is 0 Å². The number of methoxy groups -OCH3 is 1. The van der Waals surface area contributed by atoms with Crippen molar-refractivity contribution in [2.75, 3.05) is 31.6 Å². The Morgan fingerprint density at radius 3 is 2.62 bits per heavy atom. The lowest BCUT2D eigenvalue weighted by Crippen LogP contribution is -2.39. The molecule has 1 aromatic heterocycles. The van der Waals surface area contributed by atoms with Crippen LogP contribution in [0, 0.1) is 5.41 Å². The number of anilines is 1. The van der Waals surface area contributed by atoms with Crippen LogP contribution in [0.2, 0.25) is 0 Å². The van der Waals surface area contributed by atoms with Gasteiger partial charge < -0.3 is 15.4 Å². The van der Waals surface area contributed by atoms with Crippen LogP contribution in [-0.4, -0.2) is 31.7 Å². The maximum absolute atomic E-state index is 5.88. The largest absolute Gasteiger partial charge is 0.496 e. The van der Waals surface area contributed by atoms with Crippen LogP contribution in [-0.2, 0) is 0 Å². The number of pyridine rings is 1. The van der Waals surface area contributed by atoms with Gasteiger partial charge in [0.25, 0.3) is 0 Å². The van der Waals surface area contributed by atoms with Crippen LogP contribution >= 0.6 is 0 Å². The minimum Gasteiger partial charge on any atom is -0.496 e. The van der Waals surface area contributed by atoms with Crippen LogP contribution in [0.4, 0.5) is 5.82 Å². The van der Waals surface area contributed by atoms with E-state index in [1.165, 1.54) is 0 Å². The molecule has 2 aromatic rings. The molecule has 114 valence electrons. The molecule has 1 heterocycles. The third-order valence-electron chi connectivity index (χ3n) is 3.82. The van der Waals surface area contributed by atoms with Gasteiger partial charge >= 0.3 is 0 Å². The summed E-state index contributed by atoms with van der Waals surface area (Å²) >= 11 is 0. The van der Waals surface area contributed by atoms with E-state index in [1.54, 1.807) is 7.11 Å². The predicted molar refractivity (Wildman–Crippen MR) is 89.0 cm³/mol. The van der Waals surface area contributed by atoms with E-state index in [1.807, 2.05) is 24.4 Å². The van der Waals surface area contributed by atoms with E-state index >= 15 is 0 Å². The zero-order valence-corrected chi connectivity index (χ0v) is 13.4. The Morgan fingerprint density at radius 2 is 2.00 bits per heavy atom. The Hall–Kier alpha value is -1.81. The number of hydrogen-bond acceptors (Lipinski definition) is 4. The number of fused-ring (bicyclic) bond motifs is 1. The molecule has 4 heteroatoms. The van der Waals surface area contributed by atoms with Crippen molar-refractivity contribution in [3.05, 3.63) is 30.5 Å². The quantitative estimate of drug-likeness (QED) is 0.887. The van der Waals surface area contributed by atoms with Crippen molar-refractivity contribution < 1.29 is 4.74 Å². The molecule has 21 heavy (non-hydrogen) atoms. The summed E-state index contributed by atoms with van der Waals surface area (Å²) in [4.78, 5) is 6.89. The lowest BCUT2D eigenvalue weighted by Gasteiger charge is -2.32. The molecule has 0 fully saturated rings. The first-order valence-electron chi connectivity index (χ1n) is 7.39. The zero-order valence-electron chi connectivity index (χ0n) is 13.4. The van der Waals surface area contributed by atoms with Gasteiger partial charge in [-0.15, -0.1) is 0 Å². The number of nitrogens with zero attached hydrogens (tertiary/aromatic N) is 2.